The van der Waals surface area contributed by atoms with E-state index in [1.165, 1.54) is 24.3 Å². The zero-order chi connectivity index (χ0) is 15.4. The molecule has 0 spiro atoms. The van der Waals surface area contributed by atoms with Gasteiger partial charge in [0, 0.05) is 11.9 Å². The third-order valence-electron chi connectivity index (χ3n) is 2.43. The van der Waals surface area contributed by atoms with Crippen LogP contribution >= 0.6 is 0 Å². The molecule has 0 aliphatic rings. The maximum atomic E-state index is 13.4. The van der Waals surface area contributed by atoms with Crippen molar-refractivity contribution in [1.29, 1.82) is 0 Å². The van der Waals surface area contributed by atoms with E-state index in [9.17, 15) is 22.4 Å². The second-order valence-corrected chi connectivity index (χ2v) is 3.82. The van der Waals surface area contributed by atoms with Crippen LogP contribution in [0.15, 0.2) is 36.5 Å². The van der Waals surface area contributed by atoms with Crippen LogP contribution in [-0.4, -0.2) is 17.5 Å². The van der Waals surface area contributed by atoms with Crippen LogP contribution in [0.3, 0.4) is 0 Å². The smallest absolute Gasteiger partial charge is 0.387 e. The zero-order valence-corrected chi connectivity index (χ0v) is 10.3. The molecule has 1 aromatic heterocycles. The number of aromatic nitrogens is 1. The van der Waals surface area contributed by atoms with Crippen molar-refractivity contribution < 1.29 is 27.1 Å². The van der Waals surface area contributed by atoms with Gasteiger partial charge in [0.15, 0.2) is 5.82 Å². The highest BCUT2D eigenvalue weighted by Gasteiger charge is 2.16. The molecule has 0 atom stereocenters. The van der Waals surface area contributed by atoms with Crippen molar-refractivity contribution in [2.45, 2.75) is 6.61 Å². The van der Waals surface area contributed by atoms with E-state index >= 15 is 0 Å². The van der Waals surface area contributed by atoms with Crippen molar-refractivity contribution in [3.05, 3.63) is 53.9 Å². The van der Waals surface area contributed by atoms with E-state index in [1.807, 2.05) is 0 Å². The molecule has 0 aliphatic heterocycles. The number of anilines is 1. The minimum absolute atomic E-state index is 0.0934. The topological polar surface area (TPSA) is 51.2 Å². The van der Waals surface area contributed by atoms with Crippen LogP contribution in [0.5, 0.6) is 5.75 Å². The summed E-state index contributed by atoms with van der Waals surface area (Å²) in [7, 11) is 0. The number of carbonyl (C=O) groups excluding carboxylic acids is 1. The van der Waals surface area contributed by atoms with E-state index in [2.05, 4.69) is 15.0 Å². The Balaban J connectivity index is 2.11. The lowest BCUT2D eigenvalue weighted by atomic mass is 10.2. The molecule has 1 amide bonds. The van der Waals surface area contributed by atoms with Gasteiger partial charge in [0.1, 0.15) is 5.75 Å². The molecule has 0 unspecified atom stereocenters. The summed E-state index contributed by atoms with van der Waals surface area (Å²) in [5.41, 5.74) is -0.311. The molecule has 0 bridgehead atoms. The highest BCUT2D eigenvalue weighted by Crippen LogP contribution is 2.19. The molecule has 21 heavy (non-hydrogen) atoms. The van der Waals surface area contributed by atoms with Crippen LogP contribution in [0.25, 0.3) is 0 Å². The SMILES string of the molecule is O=C(Nc1ccc(OC(F)F)cc1)c1ccnc(F)c1F. The fourth-order valence-corrected chi connectivity index (χ4v) is 1.51. The first-order valence-electron chi connectivity index (χ1n) is 5.63. The second kappa shape index (κ2) is 6.21. The Kier molecular flexibility index (Phi) is 4.36. The summed E-state index contributed by atoms with van der Waals surface area (Å²) in [5, 5.41) is 2.29. The van der Waals surface area contributed by atoms with Gasteiger partial charge in [-0.2, -0.15) is 13.2 Å². The average molecular weight is 300 g/mol. The lowest BCUT2D eigenvalue weighted by Gasteiger charge is -2.08. The lowest BCUT2D eigenvalue weighted by Crippen LogP contribution is -2.15. The van der Waals surface area contributed by atoms with Gasteiger partial charge in [0.25, 0.3) is 5.91 Å². The highest BCUT2D eigenvalue weighted by molar-refractivity contribution is 6.04. The number of pyridine rings is 1. The molecular weight excluding hydrogens is 292 g/mol. The summed E-state index contributed by atoms with van der Waals surface area (Å²) >= 11 is 0. The van der Waals surface area contributed by atoms with Crippen LogP contribution in [0.2, 0.25) is 0 Å². The number of ether oxygens (including phenoxy) is 1. The van der Waals surface area contributed by atoms with Gasteiger partial charge in [-0.1, -0.05) is 0 Å². The molecule has 0 aliphatic carbocycles. The van der Waals surface area contributed by atoms with Gasteiger partial charge < -0.3 is 10.1 Å². The van der Waals surface area contributed by atoms with E-state index in [0.717, 1.165) is 12.3 Å². The largest absolute Gasteiger partial charge is 0.435 e. The van der Waals surface area contributed by atoms with Gasteiger partial charge in [-0.25, -0.2) is 9.37 Å². The molecule has 1 heterocycles. The number of nitrogens with one attached hydrogen (secondary N) is 1. The Morgan fingerprint density at radius 1 is 1.14 bits per heavy atom. The van der Waals surface area contributed by atoms with Crippen LogP contribution in [0, 0.1) is 11.8 Å². The molecule has 1 aromatic carbocycles. The van der Waals surface area contributed by atoms with E-state index in [0.29, 0.717) is 0 Å². The number of halogens is 4. The predicted molar refractivity (Wildman–Crippen MR) is 65.2 cm³/mol. The molecule has 0 fully saturated rings. The van der Waals surface area contributed by atoms with Crippen LogP contribution in [-0.2, 0) is 0 Å². The first kappa shape index (κ1) is 14.8. The second-order valence-electron chi connectivity index (χ2n) is 3.82. The molecule has 110 valence electrons. The first-order chi connectivity index (χ1) is 9.97. The quantitative estimate of drug-likeness (QED) is 0.697. The van der Waals surface area contributed by atoms with E-state index in [-0.39, 0.29) is 11.4 Å². The summed E-state index contributed by atoms with van der Waals surface area (Å²) in [6, 6.07) is 5.98. The number of nitrogens with zero attached hydrogens (tertiary/aromatic N) is 1. The van der Waals surface area contributed by atoms with E-state index in [1.54, 1.807) is 0 Å². The Labute approximate surface area is 116 Å². The van der Waals surface area contributed by atoms with Crippen LogP contribution < -0.4 is 10.1 Å². The summed E-state index contributed by atoms with van der Waals surface area (Å²) < 4.78 is 54.3. The minimum Gasteiger partial charge on any atom is -0.435 e. The standard InChI is InChI=1S/C13H8F4N2O2/c14-10-9(5-6-18-11(10)15)12(20)19-7-1-3-8(4-2-7)21-13(16)17/h1-6,13H,(H,19,20). The van der Waals surface area contributed by atoms with Crippen molar-refractivity contribution in [3.8, 4) is 5.75 Å². The van der Waals surface area contributed by atoms with Gasteiger partial charge >= 0.3 is 6.61 Å². The first-order valence-corrected chi connectivity index (χ1v) is 5.63. The number of hydrogen-bond donors (Lipinski definition) is 1. The summed E-state index contributed by atoms with van der Waals surface area (Å²) in [5.74, 6) is -3.74. The Morgan fingerprint density at radius 2 is 1.81 bits per heavy atom. The summed E-state index contributed by atoms with van der Waals surface area (Å²) in [6.07, 6.45) is 0.951. The third kappa shape index (κ3) is 3.68. The maximum absolute atomic E-state index is 13.4. The monoisotopic (exact) mass is 300 g/mol. The molecule has 0 saturated carbocycles. The Hall–Kier alpha value is -2.64. The number of hydrogen-bond acceptors (Lipinski definition) is 3. The zero-order valence-electron chi connectivity index (χ0n) is 10.3. The Bertz CT molecular complexity index is 647. The average Bonchev–Trinajstić information content (AvgIpc) is 2.43. The van der Waals surface area contributed by atoms with Gasteiger partial charge in [-0.05, 0) is 30.3 Å². The molecule has 2 rings (SSSR count). The van der Waals surface area contributed by atoms with Gasteiger partial charge in [0.05, 0.1) is 5.56 Å². The number of amides is 1. The number of rotatable bonds is 4. The number of benzene rings is 1. The van der Waals surface area contributed by atoms with Crippen molar-refractivity contribution in [3.63, 3.8) is 0 Å². The number of carbonyl (C=O) groups is 1. The van der Waals surface area contributed by atoms with E-state index < -0.39 is 29.8 Å². The molecular formula is C13H8F4N2O2. The fraction of sp³-hybridized carbons (Fsp3) is 0.0769. The van der Waals surface area contributed by atoms with Gasteiger partial charge in [-0.15, -0.1) is 0 Å². The fourth-order valence-electron chi connectivity index (χ4n) is 1.51. The van der Waals surface area contributed by atoms with Crippen molar-refractivity contribution >= 4 is 11.6 Å². The van der Waals surface area contributed by atoms with Crippen molar-refractivity contribution in [1.82, 2.24) is 4.98 Å². The third-order valence-corrected chi connectivity index (χ3v) is 2.43. The molecule has 8 heteroatoms. The lowest BCUT2D eigenvalue weighted by molar-refractivity contribution is -0.0498. The number of alkyl halides is 2. The Morgan fingerprint density at radius 3 is 2.43 bits per heavy atom. The molecule has 0 saturated heterocycles. The van der Waals surface area contributed by atoms with Crippen molar-refractivity contribution in [2.24, 2.45) is 0 Å². The molecule has 2 aromatic rings. The maximum Gasteiger partial charge on any atom is 0.387 e. The van der Waals surface area contributed by atoms with Crippen LogP contribution in [0.1, 0.15) is 10.4 Å². The van der Waals surface area contributed by atoms with E-state index in [4.69, 9.17) is 0 Å². The normalized spacial score (nSPS) is 10.5. The molecule has 0 radical (unpaired) electrons. The van der Waals surface area contributed by atoms with Crippen LogP contribution in [0.4, 0.5) is 23.2 Å². The minimum atomic E-state index is -2.96. The van der Waals surface area contributed by atoms with Crippen molar-refractivity contribution in [2.75, 3.05) is 5.32 Å². The summed E-state index contributed by atoms with van der Waals surface area (Å²) in [6.45, 7) is -2.96. The summed E-state index contributed by atoms with van der Waals surface area (Å²) in [4.78, 5) is 14.8. The van der Waals surface area contributed by atoms with Gasteiger partial charge in [0.2, 0.25) is 5.95 Å². The highest BCUT2D eigenvalue weighted by atomic mass is 19.3. The van der Waals surface area contributed by atoms with Gasteiger partial charge in [-0.3, -0.25) is 4.79 Å². The molecule has 1 N–H and O–H groups in total. The molecule has 4 nitrogen and oxygen atoms in total. The predicted octanol–water partition coefficient (Wildman–Crippen LogP) is 3.21.